The van der Waals surface area contributed by atoms with Gasteiger partial charge in [0.2, 0.25) is 0 Å². The molecule has 32 heavy (non-hydrogen) atoms. The quantitative estimate of drug-likeness (QED) is 0.468. The molecule has 0 bridgehead atoms. The fraction of sp³-hybridized carbons (Fsp3) is 0.250. The Labute approximate surface area is 182 Å². The molecule has 2 amide bonds. The number of hydrogen-bond acceptors (Lipinski definition) is 6. The molecule has 2 aromatic carbocycles. The predicted molar refractivity (Wildman–Crippen MR) is 107 cm³/mol. The van der Waals surface area contributed by atoms with Crippen molar-refractivity contribution in [2.75, 3.05) is 12.8 Å². The van der Waals surface area contributed by atoms with Gasteiger partial charge in [-0.25, -0.2) is 8.42 Å². The lowest BCUT2D eigenvalue weighted by Gasteiger charge is -2.20. The molecule has 0 saturated heterocycles. The lowest BCUT2D eigenvalue weighted by molar-refractivity contribution is -0.274. The summed E-state index contributed by atoms with van der Waals surface area (Å²) < 4.78 is 66.3. The molecule has 0 aliphatic heterocycles. The third-order valence-electron chi connectivity index (χ3n) is 4.06. The van der Waals surface area contributed by atoms with E-state index in [0.29, 0.717) is 4.90 Å². The maximum Gasteiger partial charge on any atom is 0.573 e. The Kier molecular flexibility index (Phi) is 7.82. The summed E-state index contributed by atoms with van der Waals surface area (Å²) in [6.07, 6.45) is -3.41. The van der Waals surface area contributed by atoms with Crippen molar-refractivity contribution in [2.45, 2.75) is 18.2 Å². The first-order chi connectivity index (χ1) is 14.9. The molecule has 0 aromatic heterocycles. The van der Waals surface area contributed by atoms with Gasteiger partial charge < -0.3 is 10.1 Å². The summed E-state index contributed by atoms with van der Waals surface area (Å²) in [6.45, 7) is 0. The van der Waals surface area contributed by atoms with Crippen molar-refractivity contribution in [3.8, 4) is 11.9 Å². The van der Waals surface area contributed by atoms with Gasteiger partial charge in [0.15, 0.2) is 16.0 Å². The zero-order chi connectivity index (χ0) is 23.9. The molecule has 0 heterocycles. The summed E-state index contributed by atoms with van der Waals surface area (Å²) in [4.78, 5) is 25.4. The molecule has 8 nitrogen and oxygen atoms in total. The van der Waals surface area contributed by atoms with Crippen LogP contribution < -0.4 is 10.1 Å². The maximum atomic E-state index is 12.7. The molecule has 2 rings (SSSR count). The summed E-state index contributed by atoms with van der Waals surface area (Å²) in [7, 11) is -3.01. The van der Waals surface area contributed by atoms with Gasteiger partial charge in [-0.15, -0.1) is 13.2 Å². The van der Waals surface area contributed by atoms with Crippen LogP contribution in [0.2, 0.25) is 0 Å². The zero-order valence-corrected chi connectivity index (χ0v) is 17.5. The van der Waals surface area contributed by atoms with Crippen molar-refractivity contribution in [1.29, 1.82) is 5.26 Å². The van der Waals surface area contributed by atoms with Crippen LogP contribution in [-0.2, 0) is 20.4 Å². The summed E-state index contributed by atoms with van der Waals surface area (Å²) >= 11 is 0. The number of likely N-dealkylation sites (N-methyl/N-ethyl adjacent to an activating group) is 1. The van der Waals surface area contributed by atoms with Gasteiger partial charge in [0.1, 0.15) is 11.8 Å². The van der Waals surface area contributed by atoms with Gasteiger partial charge >= 0.3 is 6.36 Å². The standard InChI is InChI=1S/C20H18F3N3O5S/c1-26(13-24)19(28)17(25-18(27)15-7-3-2-4-8-15)12-32(29,30)11-14-6-5-9-16(10-14)31-20(21,22)23/h2-10,17H,11-12H2,1H3,(H,25,27)/t17-/m0/s1. The van der Waals surface area contributed by atoms with E-state index >= 15 is 0 Å². The van der Waals surface area contributed by atoms with Gasteiger partial charge in [-0.3, -0.25) is 14.5 Å². The number of carbonyl (C=O) groups excluding carboxylic acids is 2. The van der Waals surface area contributed by atoms with Crippen LogP contribution in [0.15, 0.2) is 54.6 Å². The van der Waals surface area contributed by atoms with E-state index in [1.807, 2.05) is 0 Å². The number of nitrogens with zero attached hydrogens (tertiary/aromatic N) is 2. The number of nitriles is 1. The highest BCUT2D eigenvalue weighted by molar-refractivity contribution is 7.90. The first-order valence-corrected chi connectivity index (χ1v) is 10.8. The molecule has 1 N–H and O–H groups in total. The Morgan fingerprint density at radius 3 is 2.41 bits per heavy atom. The van der Waals surface area contributed by atoms with E-state index < -0.39 is 51.3 Å². The number of halogens is 3. The number of rotatable bonds is 8. The second-order valence-electron chi connectivity index (χ2n) is 6.64. The van der Waals surface area contributed by atoms with E-state index in [4.69, 9.17) is 5.26 Å². The van der Waals surface area contributed by atoms with E-state index in [9.17, 15) is 31.2 Å². The predicted octanol–water partition coefficient (Wildman–Crippen LogP) is 2.24. The Morgan fingerprint density at radius 2 is 1.81 bits per heavy atom. The van der Waals surface area contributed by atoms with Crippen LogP contribution in [0.25, 0.3) is 0 Å². The summed E-state index contributed by atoms with van der Waals surface area (Å²) in [6, 6.07) is 10.5. The molecular formula is C20H18F3N3O5S. The van der Waals surface area contributed by atoms with Crippen molar-refractivity contribution in [2.24, 2.45) is 0 Å². The number of benzene rings is 2. The lowest BCUT2D eigenvalue weighted by Crippen LogP contribution is -2.50. The van der Waals surface area contributed by atoms with Crippen LogP contribution in [0.5, 0.6) is 5.75 Å². The Bertz CT molecular complexity index is 1120. The van der Waals surface area contributed by atoms with Gasteiger partial charge in [0, 0.05) is 12.6 Å². The summed E-state index contributed by atoms with van der Waals surface area (Å²) in [5.74, 6) is -3.88. The van der Waals surface area contributed by atoms with Gasteiger partial charge in [0.05, 0.1) is 11.5 Å². The first kappa shape index (κ1) is 24.7. The summed E-state index contributed by atoms with van der Waals surface area (Å²) in [5, 5.41) is 11.2. The van der Waals surface area contributed by atoms with E-state index in [0.717, 1.165) is 19.2 Å². The largest absolute Gasteiger partial charge is 0.573 e. The van der Waals surface area contributed by atoms with Crippen molar-refractivity contribution in [3.63, 3.8) is 0 Å². The number of carbonyl (C=O) groups is 2. The van der Waals surface area contributed by atoms with Crippen molar-refractivity contribution < 1.29 is 35.9 Å². The average Bonchev–Trinajstić information content (AvgIpc) is 2.71. The molecule has 0 saturated carbocycles. The van der Waals surface area contributed by atoms with E-state index in [1.54, 1.807) is 18.2 Å². The van der Waals surface area contributed by atoms with Crippen LogP contribution >= 0.6 is 0 Å². The first-order valence-electron chi connectivity index (χ1n) is 8.98. The highest BCUT2D eigenvalue weighted by Crippen LogP contribution is 2.24. The molecule has 0 aliphatic carbocycles. The molecule has 2 aromatic rings. The smallest absolute Gasteiger partial charge is 0.406 e. The topological polar surface area (TPSA) is 117 Å². The SMILES string of the molecule is CN(C#N)C(=O)[C@H](CS(=O)(=O)Cc1cccc(OC(F)(F)F)c1)NC(=O)c1ccccc1. The van der Waals surface area contributed by atoms with Crippen LogP contribution in [0.3, 0.4) is 0 Å². The fourth-order valence-corrected chi connectivity index (χ4v) is 4.23. The van der Waals surface area contributed by atoms with Crippen LogP contribution in [0, 0.1) is 11.5 Å². The highest BCUT2D eigenvalue weighted by Gasteiger charge is 2.32. The van der Waals surface area contributed by atoms with Crippen LogP contribution in [0.1, 0.15) is 15.9 Å². The Balaban J connectivity index is 2.22. The van der Waals surface area contributed by atoms with E-state index in [2.05, 4.69) is 10.1 Å². The molecule has 0 spiro atoms. The zero-order valence-electron chi connectivity index (χ0n) is 16.7. The van der Waals surface area contributed by atoms with Crippen molar-refractivity contribution >= 4 is 21.7 Å². The molecule has 12 heteroatoms. The molecule has 0 aliphatic rings. The minimum atomic E-state index is -4.95. The number of hydrogen-bond donors (Lipinski definition) is 1. The molecule has 170 valence electrons. The monoisotopic (exact) mass is 469 g/mol. The number of ether oxygens (including phenoxy) is 1. The van der Waals surface area contributed by atoms with Crippen molar-refractivity contribution in [3.05, 3.63) is 65.7 Å². The minimum absolute atomic E-state index is 0.0130. The molecule has 0 radical (unpaired) electrons. The number of nitrogens with one attached hydrogen (secondary N) is 1. The average molecular weight is 469 g/mol. The van der Waals surface area contributed by atoms with Gasteiger partial charge in [-0.1, -0.05) is 30.3 Å². The Morgan fingerprint density at radius 1 is 1.16 bits per heavy atom. The summed E-state index contributed by atoms with van der Waals surface area (Å²) in [5.41, 5.74) is 0.153. The van der Waals surface area contributed by atoms with Crippen LogP contribution in [-0.4, -0.2) is 50.3 Å². The van der Waals surface area contributed by atoms with E-state index in [1.165, 1.54) is 30.5 Å². The second-order valence-corrected chi connectivity index (χ2v) is 8.75. The minimum Gasteiger partial charge on any atom is -0.406 e. The highest BCUT2D eigenvalue weighted by atomic mass is 32.2. The molecule has 0 unspecified atom stereocenters. The van der Waals surface area contributed by atoms with Gasteiger partial charge in [0.25, 0.3) is 11.8 Å². The third kappa shape index (κ3) is 7.59. The van der Waals surface area contributed by atoms with Crippen molar-refractivity contribution in [1.82, 2.24) is 10.2 Å². The Hall–Kier alpha value is -3.59. The van der Waals surface area contributed by atoms with Gasteiger partial charge in [-0.05, 0) is 29.8 Å². The molecule has 0 fully saturated rings. The fourth-order valence-electron chi connectivity index (χ4n) is 2.69. The lowest BCUT2D eigenvalue weighted by atomic mass is 10.2. The molecular weight excluding hydrogens is 451 g/mol. The number of amides is 2. The normalized spacial score (nSPS) is 12.3. The molecule has 1 atom stereocenters. The van der Waals surface area contributed by atoms with Gasteiger partial charge in [-0.2, -0.15) is 5.26 Å². The maximum absolute atomic E-state index is 12.7. The number of alkyl halides is 3. The van der Waals surface area contributed by atoms with E-state index in [-0.39, 0.29) is 11.1 Å². The van der Waals surface area contributed by atoms with Crippen LogP contribution in [0.4, 0.5) is 13.2 Å². The third-order valence-corrected chi connectivity index (χ3v) is 5.67. The number of sulfone groups is 1. The second kappa shape index (κ2) is 10.1.